The minimum atomic E-state index is 0.320. The van der Waals surface area contributed by atoms with E-state index in [1.54, 1.807) is 7.11 Å². The van der Waals surface area contributed by atoms with Crippen molar-refractivity contribution >= 4 is 17.7 Å². The first-order chi connectivity index (χ1) is 10.0. The summed E-state index contributed by atoms with van der Waals surface area (Å²) in [5, 5.41) is 3.64. The minimum absolute atomic E-state index is 0.320. The van der Waals surface area contributed by atoms with Gasteiger partial charge in [-0.25, -0.2) is 0 Å². The van der Waals surface area contributed by atoms with Gasteiger partial charge in [-0.1, -0.05) is 6.42 Å². The summed E-state index contributed by atoms with van der Waals surface area (Å²) in [7, 11) is 3.70. The van der Waals surface area contributed by atoms with Gasteiger partial charge in [0.05, 0.1) is 0 Å². The highest BCUT2D eigenvalue weighted by Crippen LogP contribution is 2.43. The SMILES string of the molecule is CN=C(NCC1(CCOC)CCC1)N1CCSC(C)(C)C1. The number of guanidine groups is 1. The van der Waals surface area contributed by atoms with Crippen LogP contribution in [0.1, 0.15) is 39.5 Å². The molecule has 4 nitrogen and oxygen atoms in total. The van der Waals surface area contributed by atoms with Gasteiger partial charge in [0.25, 0.3) is 0 Å². The average molecular weight is 314 g/mol. The summed E-state index contributed by atoms with van der Waals surface area (Å²) in [6.07, 6.45) is 5.16. The summed E-state index contributed by atoms with van der Waals surface area (Å²) in [5.41, 5.74) is 0.437. The summed E-state index contributed by atoms with van der Waals surface area (Å²) in [6.45, 7) is 8.72. The molecule has 2 fully saturated rings. The Labute approximate surface area is 134 Å². The molecule has 2 aliphatic rings. The van der Waals surface area contributed by atoms with Crippen LogP contribution in [0, 0.1) is 5.41 Å². The van der Waals surface area contributed by atoms with Crippen molar-refractivity contribution in [2.45, 2.75) is 44.3 Å². The van der Waals surface area contributed by atoms with Crippen LogP contribution in [0.3, 0.4) is 0 Å². The molecule has 0 unspecified atom stereocenters. The Morgan fingerprint density at radius 2 is 2.14 bits per heavy atom. The second-order valence-electron chi connectivity index (χ2n) is 7.03. The van der Waals surface area contributed by atoms with Gasteiger partial charge < -0.3 is 15.0 Å². The van der Waals surface area contributed by atoms with Gasteiger partial charge >= 0.3 is 0 Å². The van der Waals surface area contributed by atoms with Crippen LogP contribution in [-0.4, -0.2) is 61.8 Å². The largest absolute Gasteiger partial charge is 0.385 e. The second kappa shape index (κ2) is 7.23. The third kappa shape index (κ3) is 4.52. The van der Waals surface area contributed by atoms with Crippen LogP contribution in [0.5, 0.6) is 0 Å². The molecular weight excluding hydrogens is 282 g/mol. The fraction of sp³-hybridized carbons (Fsp3) is 0.938. The summed E-state index contributed by atoms with van der Waals surface area (Å²) in [5.74, 6) is 2.26. The highest BCUT2D eigenvalue weighted by atomic mass is 32.2. The van der Waals surface area contributed by atoms with Crippen molar-refractivity contribution in [2.24, 2.45) is 10.4 Å². The Hall–Kier alpha value is -0.420. The molecule has 122 valence electrons. The molecule has 1 N–H and O–H groups in total. The van der Waals surface area contributed by atoms with Crippen LogP contribution in [0.4, 0.5) is 0 Å². The van der Waals surface area contributed by atoms with E-state index in [-0.39, 0.29) is 0 Å². The van der Waals surface area contributed by atoms with Crippen LogP contribution in [0.15, 0.2) is 4.99 Å². The number of aliphatic imine (C=N–C) groups is 1. The normalized spacial score (nSPS) is 24.6. The summed E-state index contributed by atoms with van der Waals surface area (Å²) < 4.78 is 5.60. The zero-order valence-electron chi connectivity index (χ0n) is 14.1. The number of methoxy groups -OCH3 is 1. The lowest BCUT2D eigenvalue weighted by Crippen LogP contribution is -2.53. The average Bonchev–Trinajstić information content (AvgIpc) is 2.40. The molecule has 2 rings (SSSR count). The van der Waals surface area contributed by atoms with Crippen molar-refractivity contribution in [3.8, 4) is 0 Å². The van der Waals surface area contributed by atoms with E-state index in [2.05, 4.69) is 40.8 Å². The first-order valence-corrected chi connectivity index (χ1v) is 9.07. The van der Waals surface area contributed by atoms with E-state index in [0.717, 1.165) is 38.6 Å². The van der Waals surface area contributed by atoms with Gasteiger partial charge in [-0.2, -0.15) is 11.8 Å². The molecule has 1 aliphatic heterocycles. The number of hydrogen-bond acceptors (Lipinski definition) is 3. The van der Waals surface area contributed by atoms with Gasteiger partial charge in [-0.15, -0.1) is 0 Å². The van der Waals surface area contributed by atoms with Gasteiger partial charge in [-0.3, -0.25) is 4.99 Å². The van der Waals surface area contributed by atoms with Gasteiger partial charge in [0, 0.05) is 50.9 Å². The Bertz CT molecular complexity index is 367. The predicted molar refractivity (Wildman–Crippen MR) is 92.2 cm³/mol. The highest BCUT2D eigenvalue weighted by Gasteiger charge is 2.37. The molecule has 0 bridgehead atoms. The lowest BCUT2D eigenvalue weighted by molar-refractivity contribution is 0.0726. The van der Waals surface area contributed by atoms with Crippen LogP contribution in [-0.2, 0) is 4.74 Å². The molecular formula is C16H31N3OS. The molecule has 1 saturated heterocycles. The Kier molecular flexibility index (Phi) is 5.83. The zero-order chi connectivity index (χ0) is 15.3. The van der Waals surface area contributed by atoms with Crippen molar-refractivity contribution in [3.63, 3.8) is 0 Å². The van der Waals surface area contributed by atoms with Crippen molar-refractivity contribution in [1.82, 2.24) is 10.2 Å². The van der Waals surface area contributed by atoms with Crippen molar-refractivity contribution in [1.29, 1.82) is 0 Å². The van der Waals surface area contributed by atoms with Crippen LogP contribution in [0.2, 0.25) is 0 Å². The standard InChI is InChI=1S/C16H31N3OS/c1-15(2)13-19(9-11-21-15)14(17-3)18-12-16(6-5-7-16)8-10-20-4/h5-13H2,1-4H3,(H,17,18). The molecule has 0 aromatic rings. The molecule has 1 heterocycles. The smallest absolute Gasteiger partial charge is 0.193 e. The number of ether oxygens (including phenoxy) is 1. The van der Waals surface area contributed by atoms with E-state index in [1.807, 2.05) is 7.05 Å². The lowest BCUT2D eigenvalue weighted by atomic mass is 9.67. The monoisotopic (exact) mass is 313 g/mol. The molecule has 0 spiro atoms. The molecule has 21 heavy (non-hydrogen) atoms. The third-order valence-corrected chi connectivity index (χ3v) is 6.11. The zero-order valence-corrected chi connectivity index (χ0v) is 14.9. The number of nitrogens with zero attached hydrogens (tertiary/aromatic N) is 2. The van der Waals surface area contributed by atoms with Crippen molar-refractivity contribution in [3.05, 3.63) is 0 Å². The van der Waals surface area contributed by atoms with Crippen LogP contribution >= 0.6 is 11.8 Å². The van der Waals surface area contributed by atoms with Crippen LogP contribution in [0.25, 0.3) is 0 Å². The first kappa shape index (κ1) is 16.9. The first-order valence-electron chi connectivity index (χ1n) is 8.09. The van der Waals surface area contributed by atoms with Gasteiger partial charge in [0.2, 0.25) is 0 Å². The van der Waals surface area contributed by atoms with E-state index in [4.69, 9.17) is 4.74 Å². The summed E-state index contributed by atoms with van der Waals surface area (Å²) in [4.78, 5) is 6.93. The van der Waals surface area contributed by atoms with Gasteiger partial charge in [0.1, 0.15) is 0 Å². The summed E-state index contributed by atoms with van der Waals surface area (Å²) >= 11 is 2.06. The van der Waals surface area contributed by atoms with Gasteiger partial charge in [-0.05, 0) is 38.5 Å². The molecule has 5 heteroatoms. The minimum Gasteiger partial charge on any atom is -0.385 e. The lowest BCUT2D eigenvalue weighted by Gasteiger charge is -2.44. The van der Waals surface area contributed by atoms with Crippen molar-refractivity contribution in [2.75, 3.05) is 46.2 Å². The molecule has 0 aromatic heterocycles. The third-order valence-electron chi connectivity index (χ3n) is 4.81. The summed E-state index contributed by atoms with van der Waals surface area (Å²) in [6, 6.07) is 0. The van der Waals surface area contributed by atoms with Crippen molar-refractivity contribution < 1.29 is 4.74 Å². The Morgan fingerprint density at radius 3 is 2.67 bits per heavy atom. The van der Waals surface area contributed by atoms with Crippen LogP contribution < -0.4 is 5.32 Å². The van der Waals surface area contributed by atoms with E-state index in [9.17, 15) is 0 Å². The molecule has 1 saturated carbocycles. The fourth-order valence-electron chi connectivity index (χ4n) is 3.31. The number of hydrogen-bond donors (Lipinski definition) is 1. The van der Waals surface area contributed by atoms with E-state index >= 15 is 0 Å². The molecule has 0 aromatic carbocycles. The fourth-order valence-corrected chi connectivity index (χ4v) is 4.42. The maximum atomic E-state index is 5.28. The quantitative estimate of drug-likeness (QED) is 0.625. The maximum Gasteiger partial charge on any atom is 0.193 e. The Morgan fingerprint density at radius 1 is 1.38 bits per heavy atom. The molecule has 0 amide bonds. The number of thioether (sulfide) groups is 1. The van der Waals surface area contributed by atoms with E-state index in [0.29, 0.717) is 10.2 Å². The van der Waals surface area contributed by atoms with Gasteiger partial charge in [0.15, 0.2) is 5.96 Å². The molecule has 1 aliphatic carbocycles. The topological polar surface area (TPSA) is 36.9 Å². The number of rotatable bonds is 5. The maximum absolute atomic E-state index is 5.28. The van der Waals surface area contributed by atoms with E-state index in [1.165, 1.54) is 25.0 Å². The van der Waals surface area contributed by atoms with E-state index < -0.39 is 0 Å². The molecule has 0 atom stereocenters. The Balaban J connectivity index is 1.87. The highest BCUT2D eigenvalue weighted by molar-refractivity contribution is 8.00. The number of nitrogens with one attached hydrogen (secondary N) is 1. The predicted octanol–water partition coefficient (Wildman–Crippen LogP) is 2.60. The molecule has 0 radical (unpaired) electrons. The second-order valence-corrected chi connectivity index (χ2v) is 8.83.